The molecule has 2 aromatic rings. The molecule has 0 nitrogen and oxygen atoms in total. The Morgan fingerprint density at radius 1 is 0.472 bits per heavy atom. The van der Waals surface area contributed by atoms with Crippen molar-refractivity contribution in [2.24, 2.45) is 0 Å². The molecule has 0 saturated carbocycles. The maximum Gasteiger partial charge on any atom is -0.0121 e. The van der Waals surface area contributed by atoms with E-state index in [0.717, 1.165) is 0 Å². The molecule has 2 aromatic carbocycles. The van der Waals surface area contributed by atoms with E-state index < -0.39 is 7.92 Å². The second kappa shape index (κ2) is 12.3. The fourth-order valence-corrected chi connectivity index (χ4v) is 14.5. The van der Waals surface area contributed by atoms with Gasteiger partial charge in [0.05, 0.1) is 0 Å². The van der Waals surface area contributed by atoms with Crippen molar-refractivity contribution in [1.29, 1.82) is 0 Å². The van der Waals surface area contributed by atoms with Gasteiger partial charge in [-0.15, -0.1) is 0 Å². The SMILES string of the molecule is CC(C)P(c1cc(C(C)(C)C)ccc1P(C)c1ccc(C(C)(C)C)cc1P(C(C)C)C(C)C)C(C)C. The Kier molecular flexibility index (Phi) is 10.9. The Bertz CT molecular complexity index is 905. The van der Waals surface area contributed by atoms with Crippen molar-refractivity contribution in [1.82, 2.24) is 0 Å². The van der Waals surface area contributed by atoms with Gasteiger partial charge < -0.3 is 0 Å². The molecule has 0 radical (unpaired) electrons. The summed E-state index contributed by atoms with van der Waals surface area (Å²) in [6, 6.07) is 15.1. The molecule has 0 fully saturated rings. The lowest BCUT2D eigenvalue weighted by molar-refractivity contribution is 0.590. The molecule has 0 unspecified atom stereocenters. The van der Waals surface area contributed by atoms with Crippen LogP contribution in [-0.2, 0) is 10.8 Å². The van der Waals surface area contributed by atoms with Crippen LogP contribution in [0, 0.1) is 0 Å². The molecule has 0 heterocycles. The zero-order valence-corrected chi connectivity index (χ0v) is 28.8. The first-order valence-electron chi connectivity index (χ1n) is 14.0. The Morgan fingerprint density at radius 2 is 0.750 bits per heavy atom. The highest BCUT2D eigenvalue weighted by Crippen LogP contribution is 2.49. The summed E-state index contributed by atoms with van der Waals surface area (Å²) < 4.78 is 0. The maximum absolute atomic E-state index is 2.61. The minimum atomic E-state index is -0.440. The Labute approximate surface area is 229 Å². The van der Waals surface area contributed by atoms with Crippen molar-refractivity contribution in [3.8, 4) is 0 Å². The average molecular weight is 545 g/mol. The summed E-state index contributed by atoms with van der Waals surface area (Å²) in [5, 5.41) is 6.58. The highest BCUT2D eigenvalue weighted by molar-refractivity contribution is 7.78. The minimum absolute atomic E-state index is 0.169. The predicted molar refractivity (Wildman–Crippen MR) is 176 cm³/mol. The first-order chi connectivity index (χ1) is 16.4. The predicted octanol–water partition coefficient (Wildman–Crippen LogP) is 9.19. The zero-order valence-electron chi connectivity index (χ0n) is 26.1. The van der Waals surface area contributed by atoms with Crippen LogP contribution in [0.2, 0.25) is 0 Å². The highest BCUT2D eigenvalue weighted by atomic mass is 31.1. The van der Waals surface area contributed by atoms with Crippen molar-refractivity contribution in [3.63, 3.8) is 0 Å². The van der Waals surface area contributed by atoms with E-state index in [1.807, 2.05) is 0 Å². The lowest BCUT2D eigenvalue weighted by Crippen LogP contribution is -2.36. The van der Waals surface area contributed by atoms with Gasteiger partial charge in [0.25, 0.3) is 0 Å². The molecular weight excluding hydrogens is 489 g/mol. The van der Waals surface area contributed by atoms with E-state index >= 15 is 0 Å². The molecule has 0 aliphatic heterocycles. The minimum Gasteiger partial charge on any atom is -0.0693 e. The van der Waals surface area contributed by atoms with E-state index in [1.54, 1.807) is 21.2 Å². The molecule has 0 spiro atoms. The highest BCUT2D eigenvalue weighted by Gasteiger charge is 2.30. The number of hydrogen-bond acceptors (Lipinski definition) is 0. The summed E-state index contributed by atoms with van der Waals surface area (Å²) in [6.45, 7) is 36.2. The normalized spacial score (nSPS) is 13.5. The van der Waals surface area contributed by atoms with Gasteiger partial charge in [-0.25, -0.2) is 0 Å². The largest absolute Gasteiger partial charge is 0.0693 e. The molecule has 0 saturated heterocycles. The number of benzene rings is 2. The molecular formula is C33H55P3. The number of hydrogen-bond donors (Lipinski definition) is 0. The lowest BCUT2D eigenvalue weighted by Gasteiger charge is -2.35. The summed E-state index contributed by atoms with van der Waals surface area (Å²) >= 11 is 0. The molecule has 202 valence electrons. The van der Waals surface area contributed by atoms with Crippen molar-refractivity contribution in [2.75, 3.05) is 6.66 Å². The Morgan fingerprint density at radius 3 is 0.972 bits per heavy atom. The molecule has 3 heteroatoms. The van der Waals surface area contributed by atoms with Gasteiger partial charge in [0.1, 0.15) is 0 Å². The van der Waals surface area contributed by atoms with E-state index in [4.69, 9.17) is 0 Å². The van der Waals surface area contributed by atoms with Crippen LogP contribution in [0.1, 0.15) is 108 Å². The first kappa shape index (κ1) is 31.9. The zero-order chi connectivity index (χ0) is 27.7. The monoisotopic (exact) mass is 544 g/mol. The maximum atomic E-state index is 2.61. The molecule has 36 heavy (non-hydrogen) atoms. The van der Waals surface area contributed by atoms with Gasteiger partial charge in [-0.05, 0) is 80.4 Å². The molecule has 0 aliphatic rings. The molecule has 0 amide bonds. The van der Waals surface area contributed by atoms with Crippen LogP contribution in [-0.4, -0.2) is 29.3 Å². The summed E-state index contributed by atoms with van der Waals surface area (Å²) in [5.41, 5.74) is 6.03. The quantitative estimate of drug-likeness (QED) is 0.291. The standard InChI is InChI=1S/C33H55P3/c1-22(2)35(23(3)4)30-20-26(32(9,10)11)16-18-28(30)34(15)29-19-17-27(33(12,13)14)21-31(29)36(24(5)6)25(7)8/h16-25H,1-15H3. The van der Waals surface area contributed by atoms with Crippen LogP contribution in [0.15, 0.2) is 36.4 Å². The van der Waals surface area contributed by atoms with Gasteiger partial charge in [0.2, 0.25) is 0 Å². The summed E-state index contributed by atoms with van der Waals surface area (Å²) in [6.07, 6.45) is 0. The molecule has 0 atom stereocenters. The van der Waals surface area contributed by atoms with E-state index in [-0.39, 0.29) is 26.7 Å². The van der Waals surface area contributed by atoms with Crippen LogP contribution in [0.25, 0.3) is 0 Å². The Hall–Kier alpha value is -0.270. The van der Waals surface area contributed by atoms with Gasteiger partial charge in [0.15, 0.2) is 0 Å². The lowest BCUT2D eigenvalue weighted by atomic mass is 9.87. The van der Waals surface area contributed by atoms with Gasteiger partial charge >= 0.3 is 0 Å². The fourth-order valence-electron chi connectivity index (χ4n) is 5.40. The van der Waals surface area contributed by atoms with Crippen molar-refractivity contribution < 1.29 is 0 Å². The second-order valence-corrected chi connectivity index (χ2v) is 22.5. The third-order valence-electron chi connectivity index (χ3n) is 7.19. The van der Waals surface area contributed by atoms with E-state index in [2.05, 4.69) is 140 Å². The van der Waals surface area contributed by atoms with Gasteiger partial charge in [-0.2, -0.15) is 0 Å². The van der Waals surface area contributed by atoms with E-state index in [1.165, 1.54) is 11.1 Å². The second-order valence-electron chi connectivity index (χ2n) is 13.7. The third kappa shape index (κ3) is 7.43. The van der Waals surface area contributed by atoms with Crippen molar-refractivity contribution in [3.05, 3.63) is 47.5 Å². The number of rotatable bonds is 8. The smallest absolute Gasteiger partial charge is 0.0121 e. The van der Waals surface area contributed by atoms with Gasteiger partial charge in [-0.3, -0.25) is 0 Å². The topological polar surface area (TPSA) is 0 Å². The summed E-state index contributed by atoms with van der Waals surface area (Å²) in [4.78, 5) is 0. The van der Waals surface area contributed by atoms with Crippen LogP contribution in [0.4, 0.5) is 0 Å². The van der Waals surface area contributed by atoms with Crippen LogP contribution in [0.5, 0.6) is 0 Å². The molecule has 0 N–H and O–H groups in total. The molecule has 0 bridgehead atoms. The molecule has 2 rings (SSSR count). The van der Waals surface area contributed by atoms with Crippen LogP contribution >= 0.6 is 23.8 Å². The van der Waals surface area contributed by atoms with E-state index in [9.17, 15) is 0 Å². The van der Waals surface area contributed by atoms with E-state index in [0.29, 0.717) is 22.6 Å². The van der Waals surface area contributed by atoms with Gasteiger partial charge in [0, 0.05) is 0 Å². The van der Waals surface area contributed by atoms with Gasteiger partial charge in [-0.1, -0.05) is 149 Å². The van der Waals surface area contributed by atoms with Crippen LogP contribution < -0.4 is 21.2 Å². The Balaban J connectivity index is 2.86. The average Bonchev–Trinajstić information content (AvgIpc) is 2.71. The summed E-state index contributed by atoms with van der Waals surface area (Å²) in [5.74, 6) is 0. The first-order valence-corrected chi connectivity index (χ1v) is 18.7. The van der Waals surface area contributed by atoms with Crippen LogP contribution in [0.3, 0.4) is 0 Å². The third-order valence-corrected chi connectivity index (χ3v) is 16.1. The fraction of sp³-hybridized carbons (Fsp3) is 0.636. The summed E-state index contributed by atoms with van der Waals surface area (Å²) in [7, 11) is -0.908. The van der Waals surface area contributed by atoms with Crippen molar-refractivity contribution >= 4 is 45.0 Å². The molecule has 0 aliphatic carbocycles. The molecule has 0 aromatic heterocycles. The van der Waals surface area contributed by atoms with Crippen molar-refractivity contribution in [2.45, 2.75) is 130 Å².